The van der Waals surface area contributed by atoms with Crippen LogP contribution in [0.25, 0.3) is 0 Å². The second kappa shape index (κ2) is 6.59. The molecule has 4 heteroatoms. The van der Waals surface area contributed by atoms with E-state index in [1.54, 1.807) is 0 Å². The molecule has 106 valence electrons. The fourth-order valence-electron chi connectivity index (χ4n) is 2.91. The summed E-state index contributed by atoms with van der Waals surface area (Å²) in [6, 6.07) is 5.07. The van der Waals surface area contributed by atoms with Gasteiger partial charge in [0.2, 0.25) is 0 Å². The van der Waals surface area contributed by atoms with Crippen LogP contribution in [-0.4, -0.2) is 22.1 Å². The van der Waals surface area contributed by atoms with Crippen molar-refractivity contribution in [2.75, 3.05) is 0 Å². The van der Waals surface area contributed by atoms with E-state index < -0.39 is 0 Å². The van der Waals surface area contributed by atoms with Gasteiger partial charge in [0.05, 0.1) is 4.47 Å². The maximum atomic E-state index is 10.2. The van der Waals surface area contributed by atoms with Crippen molar-refractivity contribution >= 4 is 31.9 Å². The number of nitrogens with zero attached hydrogens (tertiary/aromatic N) is 1. The molecular formula is C15H21Br2NO. The van der Waals surface area contributed by atoms with Crippen molar-refractivity contribution in [3.05, 3.63) is 26.6 Å². The number of hydrogen-bond donors (Lipinski definition) is 1. The highest BCUT2D eigenvalue weighted by Crippen LogP contribution is 2.34. The molecule has 0 amide bonds. The molecule has 1 aliphatic carbocycles. The highest BCUT2D eigenvalue weighted by Gasteiger charge is 2.25. The summed E-state index contributed by atoms with van der Waals surface area (Å²) >= 11 is 6.91. The minimum absolute atomic E-state index is 0.367. The lowest BCUT2D eigenvalue weighted by Gasteiger charge is -2.33. The average molecular weight is 391 g/mol. The molecule has 0 bridgehead atoms. The first-order chi connectivity index (χ1) is 8.99. The summed E-state index contributed by atoms with van der Waals surface area (Å²) in [6.45, 7) is 5.29. The molecule has 1 N–H and O–H groups in total. The SMILES string of the molecule is CC(C)N(Cc1cc(Br)cc(Br)c1O)C1CCCC1. The van der Waals surface area contributed by atoms with Gasteiger partial charge in [0.1, 0.15) is 5.75 Å². The molecule has 1 saturated carbocycles. The van der Waals surface area contributed by atoms with Crippen LogP contribution in [0.2, 0.25) is 0 Å². The molecule has 2 rings (SSSR count). The number of aromatic hydroxyl groups is 1. The third-order valence-corrected chi connectivity index (χ3v) is 4.98. The van der Waals surface area contributed by atoms with Crippen molar-refractivity contribution < 1.29 is 5.11 Å². The van der Waals surface area contributed by atoms with E-state index in [2.05, 4.69) is 50.6 Å². The Hall–Kier alpha value is -0.0600. The zero-order valence-corrected chi connectivity index (χ0v) is 14.7. The largest absolute Gasteiger partial charge is 0.506 e. The zero-order valence-electron chi connectivity index (χ0n) is 11.5. The molecule has 1 fully saturated rings. The fraction of sp³-hybridized carbons (Fsp3) is 0.600. The molecular weight excluding hydrogens is 370 g/mol. The van der Waals surface area contributed by atoms with E-state index in [1.807, 2.05) is 12.1 Å². The van der Waals surface area contributed by atoms with Crippen molar-refractivity contribution in [1.29, 1.82) is 0 Å². The van der Waals surface area contributed by atoms with Gasteiger partial charge in [0.25, 0.3) is 0 Å². The quantitative estimate of drug-likeness (QED) is 0.775. The topological polar surface area (TPSA) is 23.5 Å². The molecule has 0 unspecified atom stereocenters. The summed E-state index contributed by atoms with van der Waals surface area (Å²) < 4.78 is 1.76. The number of hydrogen-bond acceptors (Lipinski definition) is 2. The first-order valence-electron chi connectivity index (χ1n) is 6.91. The van der Waals surface area contributed by atoms with Crippen molar-refractivity contribution in [2.45, 2.75) is 58.2 Å². The van der Waals surface area contributed by atoms with E-state index in [1.165, 1.54) is 25.7 Å². The van der Waals surface area contributed by atoms with Gasteiger partial charge >= 0.3 is 0 Å². The lowest BCUT2D eigenvalue weighted by Crippen LogP contribution is -2.38. The summed E-state index contributed by atoms with van der Waals surface area (Å²) in [5.74, 6) is 0.367. The first-order valence-corrected chi connectivity index (χ1v) is 8.50. The lowest BCUT2D eigenvalue weighted by atomic mass is 10.1. The van der Waals surface area contributed by atoms with Crippen LogP contribution in [-0.2, 0) is 6.54 Å². The average Bonchev–Trinajstić information content (AvgIpc) is 2.84. The van der Waals surface area contributed by atoms with E-state index in [9.17, 15) is 5.11 Å². The van der Waals surface area contributed by atoms with E-state index in [4.69, 9.17) is 0 Å². The van der Waals surface area contributed by atoms with Gasteiger partial charge in [-0.1, -0.05) is 28.8 Å². The molecule has 0 spiro atoms. The van der Waals surface area contributed by atoms with Crippen molar-refractivity contribution in [3.8, 4) is 5.75 Å². The third-order valence-electron chi connectivity index (χ3n) is 3.92. The Morgan fingerprint density at radius 1 is 1.26 bits per heavy atom. The molecule has 2 nitrogen and oxygen atoms in total. The lowest BCUT2D eigenvalue weighted by molar-refractivity contribution is 0.144. The van der Waals surface area contributed by atoms with Crippen LogP contribution in [0.3, 0.4) is 0 Å². The monoisotopic (exact) mass is 389 g/mol. The fourth-order valence-corrected chi connectivity index (χ4v) is 4.22. The summed E-state index contributed by atoms with van der Waals surface area (Å²) in [5.41, 5.74) is 0.988. The van der Waals surface area contributed by atoms with E-state index in [0.29, 0.717) is 17.8 Å². The molecule has 19 heavy (non-hydrogen) atoms. The molecule has 0 aliphatic heterocycles. The van der Waals surface area contributed by atoms with Gasteiger partial charge in [-0.25, -0.2) is 0 Å². The molecule has 1 aromatic carbocycles. The predicted molar refractivity (Wildman–Crippen MR) is 86.4 cm³/mol. The second-order valence-corrected chi connectivity index (χ2v) is 7.37. The standard InChI is InChI=1S/C15H21Br2NO/c1-10(2)18(13-5-3-4-6-13)9-11-7-12(16)8-14(17)15(11)19/h7-8,10,13,19H,3-6,9H2,1-2H3. The van der Waals surface area contributed by atoms with E-state index >= 15 is 0 Å². The Morgan fingerprint density at radius 3 is 2.47 bits per heavy atom. The van der Waals surface area contributed by atoms with E-state index in [0.717, 1.165) is 21.1 Å². The van der Waals surface area contributed by atoms with Crippen LogP contribution in [0.5, 0.6) is 5.75 Å². The van der Waals surface area contributed by atoms with Crippen LogP contribution >= 0.6 is 31.9 Å². The molecule has 1 aromatic rings. The minimum atomic E-state index is 0.367. The Bertz CT molecular complexity index is 442. The Morgan fingerprint density at radius 2 is 1.89 bits per heavy atom. The number of rotatable bonds is 4. The van der Waals surface area contributed by atoms with E-state index in [-0.39, 0.29) is 0 Å². The van der Waals surface area contributed by atoms with Gasteiger partial charge in [0, 0.05) is 28.7 Å². The molecule has 0 atom stereocenters. The Balaban J connectivity index is 2.21. The van der Waals surface area contributed by atoms with Crippen molar-refractivity contribution in [2.24, 2.45) is 0 Å². The molecule has 0 radical (unpaired) electrons. The summed E-state index contributed by atoms with van der Waals surface area (Å²) in [7, 11) is 0. The van der Waals surface area contributed by atoms with Crippen LogP contribution in [0, 0.1) is 0 Å². The van der Waals surface area contributed by atoms with Gasteiger partial charge < -0.3 is 5.11 Å². The Kier molecular flexibility index (Phi) is 5.32. The number of phenolic OH excluding ortho intramolecular Hbond substituents is 1. The number of phenols is 1. The number of benzene rings is 1. The highest BCUT2D eigenvalue weighted by molar-refractivity contribution is 9.11. The van der Waals surface area contributed by atoms with Gasteiger partial charge in [-0.15, -0.1) is 0 Å². The minimum Gasteiger partial charge on any atom is -0.506 e. The van der Waals surface area contributed by atoms with Crippen molar-refractivity contribution in [3.63, 3.8) is 0 Å². The maximum absolute atomic E-state index is 10.2. The van der Waals surface area contributed by atoms with Crippen LogP contribution in [0.1, 0.15) is 45.1 Å². The van der Waals surface area contributed by atoms with Crippen LogP contribution in [0.4, 0.5) is 0 Å². The maximum Gasteiger partial charge on any atom is 0.134 e. The van der Waals surface area contributed by atoms with Gasteiger partial charge in [0.15, 0.2) is 0 Å². The highest BCUT2D eigenvalue weighted by atomic mass is 79.9. The smallest absolute Gasteiger partial charge is 0.134 e. The summed E-state index contributed by atoms with van der Waals surface area (Å²) in [6.07, 6.45) is 5.24. The summed E-state index contributed by atoms with van der Waals surface area (Å²) in [5, 5.41) is 10.2. The molecule has 0 aromatic heterocycles. The number of halogens is 2. The van der Waals surface area contributed by atoms with Crippen LogP contribution in [0.15, 0.2) is 21.1 Å². The second-order valence-electron chi connectivity index (χ2n) is 5.60. The van der Waals surface area contributed by atoms with Gasteiger partial charge in [-0.3, -0.25) is 4.90 Å². The van der Waals surface area contributed by atoms with Crippen LogP contribution < -0.4 is 0 Å². The molecule has 0 saturated heterocycles. The first kappa shape index (κ1) is 15.3. The Labute approximate surface area is 132 Å². The predicted octanol–water partition coefficient (Wildman–Crippen LogP) is 5.07. The normalized spacial score (nSPS) is 16.7. The van der Waals surface area contributed by atoms with Crippen molar-refractivity contribution in [1.82, 2.24) is 4.90 Å². The zero-order chi connectivity index (χ0) is 14.0. The summed E-state index contributed by atoms with van der Waals surface area (Å²) in [4.78, 5) is 2.51. The van der Waals surface area contributed by atoms with Gasteiger partial charge in [-0.05, 0) is 54.8 Å². The molecule has 0 heterocycles. The van der Waals surface area contributed by atoms with Gasteiger partial charge in [-0.2, -0.15) is 0 Å². The third kappa shape index (κ3) is 3.73. The molecule has 1 aliphatic rings.